The molecule has 1 aromatic carbocycles. The number of benzene rings is 1. The number of hydrogen-bond donors (Lipinski definition) is 0. The summed E-state index contributed by atoms with van der Waals surface area (Å²) >= 11 is 0. The summed E-state index contributed by atoms with van der Waals surface area (Å²) in [4.78, 5) is 2.11. The smallest absolute Gasteiger partial charge is 0.175 e. The van der Waals surface area contributed by atoms with Gasteiger partial charge in [-0.15, -0.1) is 0 Å². The quantitative estimate of drug-likeness (QED) is 0.407. The van der Waals surface area contributed by atoms with Crippen LogP contribution in [-0.4, -0.2) is 0 Å². The fourth-order valence-corrected chi connectivity index (χ4v) is 0.886. The van der Waals surface area contributed by atoms with Gasteiger partial charge in [0.05, 0.1) is 0 Å². The normalized spacial score (nSPS) is 11.0. The van der Waals surface area contributed by atoms with Crippen LogP contribution in [0.25, 0.3) is 0 Å². The molecule has 1 aromatic rings. The fourth-order valence-electron chi connectivity index (χ4n) is 0.886. The highest BCUT2D eigenvalue weighted by molar-refractivity contribution is 5.43. The largest absolute Gasteiger partial charge is 0.583 e. The number of aryl methyl sites for hydroxylation is 1. The highest BCUT2D eigenvalue weighted by Gasteiger charge is 2.09. The first kappa shape index (κ1) is 9.73. The molecule has 4 nitrogen and oxygen atoms in total. The average Bonchev–Trinajstić information content (AvgIpc) is 2.05. The summed E-state index contributed by atoms with van der Waals surface area (Å²) in [5.41, 5.74) is 0.966. The molecule has 0 aliphatic carbocycles. The second-order valence-corrected chi connectivity index (χ2v) is 2.61. The van der Waals surface area contributed by atoms with Gasteiger partial charge in [-0.05, 0) is 6.92 Å². The van der Waals surface area contributed by atoms with Gasteiger partial charge in [0.1, 0.15) is 6.26 Å². The van der Waals surface area contributed by atoms with Crippen LogP contribution in [0.2, 0.25) is 0 Å². The summed E-state index contributed by atoms with van der Waals surface area (Å²) in [6.07, 6.45) is 0.833. The minimum Gasteiger partial charge on any atom is -0.583 e. The van der Waals surface area contributed by atoms with Gasteiger partial charge in [-0.3, -0.25) is 0 Å². The maximum absolute atomic E-state index is 11.1. The van der Waals surface area contributed by atoms with Gasteiger partial charge < -0.3 is 15.3 Å². The van der Waals surface area contributed by atoms with Gasteiger partial charge in [0.2, 0.25) is 0 Å². The van der Waals surface area contributed by atoms with Crippen molar-refractivity contribution in [2.75, 3.05) is 0 Å². The molecule has 0 aliphatic heterocycles. The van der Waals surface area contributed by atoms with E-state index in [2.05, 4.69) is 11.4 Å². The zero-order valence-corrected chi connectivity index (χ0v) is 7.27. The van der Waals surface area contributed by atoms with Crippen LogP contribution in [0.3, 0.4) is 0 Å². The van der Waals surface area contributed by atoms with Gasteiger partial charge in [0, 0.05) is 12.1 Å². The van der Waals surface area contributed by atoms with E-state index in [0.29, 0.717) is 0 Å². The molecule has 0 spiro atoms. The van der Waals surface area contributed by atoms with Gasteiger partial charge in [0.25, 0.3) is 0 Å². The van der Waals surface area contributed by atoms with Crippen LogP contribution >= 0.6 is 0 Å². The Kier molecular flexibility index (Phi) is 2.67. The molecule has 0 N–H and O–H groups in total. The van der Waals surface area contributed by atoms with Crippen molar-refractivity contribution in [3.8, 4) is 0 Å². The molecule has 0 aromatic heterocycles. The van der Waals surface area contributed by atoms with Gasteiger partial charge in [-0.25, -0.2) is 0 Å². The van der Waals surface area contributed by atoms with Crippen molar-refractivity contribution in [3.63, 3.8) is 0 Å². The molecule has 1 rings (SSSR count). The molecular weight excluding hydrogens is 170 g/mol. The van der Waals surface area contributed by atoms with Crippen molar-refractivity contribution in [2.24, 2.45) is 0 Å². The van der Waals surface area contributed by atoms with Crippen LogP contribution in [0, 0.1) is 17.3 Å². The lowest BCUT2D eigenvalue weighted by molar-refractivity contribution is -0.000124. The first-order valence-electron chi connectivity index (χ1n) is 3.74. The zero-order valence-electron chi connectivity index (χ0n) is 7.27. The standard InChI is InChI=1S/C9H10NO3/c1-3-13-10(11,12)9-6-4-8(2)5-7-9/h3-7H,1H2,2H3/q-1. The molecule has 0 fully saturated rings. The number of rotatable bonds is 3. The van der Waals surface area contributed by atoms with Gasteiger partial charge in [0.15, 0.2) is 5.69 Å². The summed E-state index contributed by atoms with van der Waals surface area (Å²) in [6.45, 7) is 5.01. The summed E-state index contributed by atoms with van der Waals surface area (Å²) in [7, 11) is 0. The van der Waals surface area contributed by atoms with Crippen molar-refractivity contribution in [2.45, 2.75) is 6.92 Å². The molecule has 0 saturated heterocycles. The molecule has 0 heterocycles. The lowest BCUT2D eigenvalue weighted by atomic mass is 10.2. The lowest BCUT2D eigenvalue weighted by Crippen LogP contribution is -2.33. The Morgan fingerprint density at radius 2 is 1.85 bits per heavy atom. The number of nitrogens with zero attached hydrogens (tertiary/aromatic N) is 1. The third kappa shape index (κ3) is 2.29. The Morgan fingerprint density at radius 1 is 1.31 bits per heavy atom. The molecule has 0 unspecified atom stereocenters. The third-order valence-corrected chi connectivity index (χ3v) is 1.56. The average molecular weight is 180 g/mol. The summed E-state index contributed by atoms with van der Waals surface area (Å²) < 4.78 is 0. The summed E-state index contributed by atoms with van der Waals surface area (Å²) in [5, 5.41) is 22.2. The first-order chi connectivity index (χ1) is 6.06. The highest BCUT2D eigenvalue weighted by atomic mass is 17.1. The fraction of sp³-hybridized carbons (Fsp3) is 0.111. The molecule has 0 bridgehead atoms. The zero-order chi connectivity index (χ0) is 9.90. The van der Waals surface area contributed by atoms with E-state index in [9.17, 15) is 10.4 Å². The Labute approximate surface area is 76.4 Å². The third-order valence-electron chi connectivity index (χ3n) is 1.56. The Morgan fingerprint density at radius 3 is 2.31 bits per heavy atom. The van der Waals surface area contributed by atoms with E-state index < -0.39 is 4.97 Å². The minimum absolute atomic E-state index is 0.00880. The Bertz CT molecular complexity index is 292. The van der Waals surface area contributed by atoms with E-state index >= 15 is 0 Å². The maximum atomic E-state index is 11.1. The minimum atomic E-state index is -2.14. The predicted octanol–water partition coefficient (Wildman–Crippen LogP) is 2.37. The van der Waals surface area contributed by atoms with E-state index in [1.807, 2.05) is 6.92 Å². The summed E-state index contributed by atoms with van der Waals surface area (Å²) in [6, 6.07) is 6.20. The Hall–Kier alpha value is -1.36. The van der Waals surface area contributed by atoms with Crippen molar-refractivity contribution >= 4 is 5.69 Å². The van der Waals surface area contributed by atoms with Crippen LogP contribution in [0.15, 0.2) is 37.1 Å². The summed E-state index contributed by atoms with van der Waals surface area (Å²) in [5.74, 6) is 0. The van der Waals surface area contributed by atoms with Crippen LogP contribution in [0.5, 0.6) is 0 Å². The molecular formula is C9H10NO3-. The van der Waals surface area contributed by atoms with Gasteiger partial charge >= 0.3 is 0 Å². The van der Waals surface area contributed by atoms with Crippen LogP contribution in [0.4, 0.5) is 5.69 Å². The molecule has 13 heavy (non-hydrogen) atoms. The van der Waals surface area contributed by atoms with E-state index in [1.54, 1.807) is 12.1 Å². The van der Waals surface area contributed by atoms with Crippen LogP contribution in [-0.2, 0) is 4.84 Å². The second kappa shape index (κ2) is 3.57. The van der Waals surface area contributed by atoms with Crippen molar-refractivity contribution < 1.29 is 4.84 Å². The van der Waals surface area contributed by atoms with Crippen molar-refractivity contribution in [1.29, 1.82) is 0 Å². The molecule has 0 radical (unpaired) electrons. The van der Waals surface area contributed by atoms with E-state index in [4.69, 9.17) is 0 Å². The first-order valence-corrected chi connectivity index (χ1v) is 3.74. The number of hydrogen-bond acceptors (Lipinski definition) is 3. The van der Waals surface area contributed by atoms with Crippen LogP contribution in [0.1, 0.15) is 5.56 Å². The molecule has 4 heteroatoms. The van der Waals surface area contributed by atoms with Gasteiger partial charge in [-0.1, -0.05) is 24.3 Å². The van der Waals surface area contributed by atoms with Crippen molar-refractivity contribution in [1.82, 2.24) is 4.97 Å². The van der Waals surface area contributed by atoms with E-state index in [1.165, 1.54) is 12.1 Å². The monoisotopic (exact) mass is 180 g/mol. The highest BCUT2D eigenvalue weighted by Crippen LogP contribution is 2.21. The Balaban J connectivity index is 2.93. The molecule has 0 atom stereocenters. The SMILES string of the molecule is C=CO[N+]([O-])([O-])c1ccc(C)cc1. The van der Waals surface area contributed by atoms with E-state index in [0.717, 1.165) is 11.8 Å². The topological polar surface area (TPSA) is 55.3 Å². The van der Waals surface area contributed by atoms with E-state index in [-0.39, 0.29) is 5.69 Å². The van der Waals surface area contributed by atoms with Crippen molar-refractivity contribution in [3.05, 3.63) is 53.1 Å². The van der Waals surface area contributed by atoms with Gasteiger partial charge in [-0.2, -0.15) is 4.97 Å². The molecule has 0 amide bonds. The number of quaternary nitrogens is 1. The maximum Gasteiger partial charge on any atom is 0.175 e. The lowest BCUT2D eigenvalue weighted by Gasteiger charge is -2.40. The molecule has 0 saturated carbocycles. The second-order valence-electron chi connectivity index (χ2n) is 2.61. The molecule has 70 valence electrons. The predicted molar refractivity (Wildman–Crippen MR) is 51.0 cm³/mol. The molecule has 0 aliphatic rings. The van der Waals surface area contributed by atoms with Crippen LogP contribution < -0.4 is 4.97 Å².